The number of carbonyl (C=O) groups is 1. The van der Waals surface area contributed by atoms with Gasteiger partial charge < -0.3 is 4.74 Å². The van der Waals surface area contributed by atoms with Crippen molar-refractivity contribution >= 4 is 23.6 Å². The van der Waals surface area contributed by atoms with E-state index in [0.29, 0.717) is 5.56 Å². The van der Waals surface area contributed by atoms with E-state index < -0.39 is 16.7 Å². The molecule has 2 aromatic rings. The number of halogens is 1. The summed E-state index contributed by atoms with van der Waals surface area (Å²) in [7, 11) is 0. The topological polar surface area (TPSA) is 81.8 Å². The quantitative estimate of drug-likeness (QED) is 0.369. The van der Waals surface area contributed by atoms with Gasteiger partial charge >= 0.3 is 5.97 Å². The van der Waals surface area contributed by atoms with Gasteiger partial charge in [0.2, 0.25) is 5.90 Å². The summed E-state index contributed by atoms with van der Waals surface area (Å²) in [6, 6.07) is 11.9. The standard InChI is InChI=1S/C18H11FN2O4/c19-15-9-2-1-8-14(15)17-20-16(18(22)25-17)10-4-6-12-5-3-7-13(11-12)21(23)24/h1-11H/b6-4+,16-10+. The molecule has 2 aromatic carbocycles. The number of nitro benzene ring substituents is 1. The summed E-state index contributed by atoms with van der Waals surface area (Å²) in [5.74, 6) is -1.33. The largest absolute Gasteiger partial charge is 0.402 e. The van der Waals surface area contributed by atoms with Crippen LogP contribution in [0.2, 0.25) is 0 Å². The van der Waals surface area contributed by atoms with E-state index in [9.17, 15) is 19.3 Å². The van der Waals surface area contributed by atoms with E-state index in [2.05, 4.69) is 4.99 Å². The smallest absolute Gasteiger partial charge is 0.363 e. The molecular weight excluding hydrogens is 327 g/mol. The molecule has 3 rings (SSSR count). The van der Waals surface area contributed by atoms with Crippen molar-refractivity contribution in [3.63, 3.8) is 0 Å². The minimum atomic E-state index is -0.693. The number of ether oxygens (including phenoxy) is 1. The number of benzene rings is 2. The van der Waals surface area contributed by atoms with Crippen LogP contribution in [-0.4, -0.2) is 16.8 Å². The van der Waals surface area contributed by atoms with Gasteiger partial charge in [-0.15, -0.1) is 0 Å². The third kappa shape index (κ3) is 3.66. The van der Waals surface area contributed by atoms with Gasteiger partial charge in [-0.25, -0.2) is 14.2 Å². The van der Waals surface area contributed by atoms with Gasteiger partial charge in [0.05, 0.1) is 10.5 Å². The van der Waals surface area contributed by atoms with E-state index in [1.165, 1.54) is 42.5 Å². The first-order valence-corrected chi connectivity index (χ1v) is 7.23. The highest BCUT2D eigenvalue weighted by Crippen LogP contribution is 2.19. The number of allylic oxidation sites excluding steroid dienone is 2. The Labute approximate surface area is 141 Å². The fourth-order valence-electron chi connectivity index (χ4n) is 2.17. The maximum absolute atomic E-state index is 13.7. The lowest BCUT2D eigenvalue weighted by Gasteiger charge is -1.99. The molecule has 0 atom stereocenters. The molecule has 7 heteroatoms. The molecule has 0 aliphatic carbocycles. The van der Waals surface area contributed by atoms with Crippen molar-refractivity contribution < 1.29 is 18.8 Å². The number of hydrogen-bond acceptors (Lipinski definition) is 5. The normalized spacial score (nSPS) is 15.5. The van der Waals surface area contributed by atoms with Crippen molar-refractivity contribution in [2.24, 2.45) is 4.99 Å². The Morgan fingerprint density at radius 2 is 1.96 bits per heavy atom. The summed E-state index contributed by atoms with van der Waals surface area (Å²) >= 11 is 0. The summed E-state index contributed by atoms with van der Waals surface area (Å²) in [4.78, 5) is 26.0. The summed E-state index contributed by atoms with van der Waals surface area (Å²) in [5, 5.41) is 10.7. The maximum atomic E-state index is 13.7. The van der Waals surface area contributed by atoms with Crippen molar-refractivity contribution in [3.05, 3.63) is 93.4 Å². The third-order valence-corrected chi connectivity index (χ3v) is 3.35. The first-order valence-electron chi connectivity index (χ1n) is 7.23. The number of nitrogens with zero attached hydrogens (tertiary/aromatic N) is 2. The van der Waals surface area contributed by atoms with Crippen molar-refractivity contribution in [2.75, 3.05) is 0 Å². The first-order chi connectivity index (χ1) is 12.0. The number of hydrogen-bond donors (Lipinski definition) is 0. The Hall–Kier alpha value is -3.61. The molecule has 0 bridgehead atoms. The molecule has 0 saturated heterocycles. The van der Waals surface area contributed by atoms with Gasteiger partial charge in [0.25, 0.3) is 5.69 Å². The summed E-state index contributed by atoms with van der Waals surface area (Å²) in [6.07, 6.45) is 4.50. The molecule has 0 unspecified atom stereocenters. The van der Waals surface area contributed by atoms with E-state index in [4.69, 9.17) is 4.74 Å². The molecule has 25 heavy (non-hydrogen) atoms. The average Bonchev–Trinajstić information content (AvgIpc) is 2.96. The number of nitro groups is 1. The fraction of sp³-hybridized carbons (Fsp3) is 0. The highest BCUT2D eigenvalue weighted by molar-refractivity contribution is 6.11. The van der Waals surface area contributed by atoms with Crippen molar-refractivity contribution in [1.82, 2.24) is 0 Å². The molecule has 0 amide bonds. The molecule has 0 fully saturated rings. The first kappa shape index (κ1) is 16.3. The number of esters is 1. The van der Waals surface area contributed by atoms with Crippen molar-refractivity contribution in [2.45, 2.75) is 0 Å². The Morgan fingerprint density at radius 1 is 1.16 bits per heavy atom. The zero-order valence-corrected chi connectivity index (χ0v) is 12.8. The van der Waals surface area contributed by atoms with Crippen molar-refractivity contribution in [1.29, 1.82) is 0 Å². The van der Waals surface area contributed by atoms with Crippen LogP contribution in [0.25, 0.3) is 6.08 Å². The summed E-state index contributed by atoms with van der Waals surface area (Å²) in [6.45, 7) is 0. The van der Waals surface area contributed by atoms with E-state index in [0.717, 1.165) is 0 Å². The summed E-state index contributed by atoms with van der Waals surface area (Å²) < 4.78 is 18.7. The second-order valence-electron chi connectivity index (χ2n) is 5.05. The average molecular weight is 338 g/mol. The van der Waals surface area contributed by atoms with Crippen LogP contribution in [0.3, 0.4) is 0 Å². The van der Waals surface area contributed by atoms with Gasteiger partial charge in [-0.1, -0.05) is 36.4 Å². The number of rotatable bonds is 4. The Morgan fingerprint density at radius 3 is 2.72 bits per heavy atom. The van der Waals surface area contributed by atoms with Crippen LogP contribution in [0, 0.1) is 15.9 Å². The molecule has 0 N–H and O–H groups in total. The predicted molar refractivity (Wildman–Crippen MR) is 89.2 cm³/mol. The van der Waals surface area contributed by atoms with Crippen LogP contribution in [-0.2, 0) is 9.53 Å². The lowest BCUT2D eigenvalue weighted by Crippen LogP contribution is -2.07. The van der Waals surface area contributed by atoms with Crippen LogP contribution in [0.4, 0.5) is 10.1 Å². The van der Waals surface area contributed by atoms with Crippen LogP contribution >= 0.6 is 0 Å². The molecule has 124 valence electrons. The molecule has 6 nitrogen and oxygen atoms in total. The minimum absolute atomic E-state index is 0.0138. The Bertz CT molecular complexity index is 948. The van der Waals surface area contributed by atoms with E-state index in [1.807, 2.05) is 0 Å². The fourth-order valence-corrected chi connectivity index (χ4v) is 2.17. The second-order valence-corrected chi connectivity index (χ2v) is 5.05. The lowest BCUT2D eigenvalue weighted by molar-refractivity contribution is -0.384. The summed E-state index contributed by atoms with van der Waals surface area (Å²) in [5.41, 5.74) is 0.674. The molecular formula is C18H11FN2O4. The molecule has 0 radical (unpaired) electrons. The maximum Gasteiger partial charge on any atom is 0.363 e. The number of non-ortho nitro benzene ring substituents is 1. The zero-order chi connectivity index (χ0) is 17.8. The second kappa shape index (κ2) is 6.88. The molecule has 0 spiro atoms. The molecule has 1 heterocycles. The predicted octanol–water partition coefficient (Wildman–Crippen LogP) is 3.63. The molecule has 1 aliphatic rings. The monoisotopic (exact) mass is 338 g/mol. The molecule has 0 saturated carbocycles. The molecule has 0 aromatic heterocycles. The van der Waals surface area contributed by atoms with Gasteiger partial charge in [0.15, 0.2) is 5.70 Å². The van der Waals surface area contributed by atoms with Gasteiger partial charge in [-0.3, -0.25) is 10.1 Å². The zero-order valence-electron chi connectivity index (χ0n) is 12.8. The van der Waals surface area contributed by atoms with E-state index in [-0.39, 0.29) is 22.8 Å². The van der Waals surface area contributed by atoms with Gasteiger partial charge in [-0.2, -0.15) is 0 Å². The van der Waals surface area contributed by atoms with Crippen LogP contribution in [0.15, 0.2) is 71.4 Å². The minimum Gasteiger partial charge on any atom is -0.402 e. The lowest BCUT2D eigenvalue weighted by atomic mass is 10.2. The Kier molecular flexibility index (Phi) is 4.47. The van der Waals surface area contributed by atoms with Crippen molar-refractivity contribution in [3.8, 4) is 0 Å². The van der Waals surface area contributed by atoms with Gasteiger partial charge in [0.1, 0.15) is 5.82 Å². The van der Waals surface area contributed by atoms with Gasteiger partial charge in [-0.05, 0) is 23.8 Å². The molecule has 1 aliphatic heterocycles. The number of aliphatic imine (C=N–C) groups is 1. The third-order valence-electron chi connectivity index (χ3n) is 3.35. The number of cyclic esters (lactones) is 1. The van der Waals surface area contributed by atoms with Crippen LogP contribution < -0.4 is 0 Å². The van der Waals surface area contributed by atoms with Crippen LogP contribution in [0.5, 0.6) is 0 Å². The van der Waals surface area contributed by atoms with E-state index in [1.54, 1.807) is 24.3 Å². The number of carbonyl (C=O) groups excluding carboxylic acids is 1. The SMILES string of the molecule is O=C1OC(c2ccccc2F)=N/C1=C/C=C/c1cccc([N+](=O)[O-])c1. The van der Waals surface area contributed by atoms with E-state index >= 15 is 0 Å². The highest BCUT2D eigenvalue weighted by Gasteiger charge is 2.25. The highest BCUT2D eigenvalue weighted by atomic mass is 19.1. The van der Waals surface area contributed by atoms with Crippen LogP contribution in [0.1, 0.15) is 11.1 Å². The Balaban J connectivity index is 1.82. The van der Waals surface area contributed by atoms with Gasteiger partial charge in [0, 0.05) is 12.1 Å².